The van der Waals surface area contributed by atoms with Crippen LogP contribution in [0.1, 0.15) is 44.5 Å². The number of carbonyl (C=O) groups excluding carboxylic acids is 1. The number of methoxy groups -OCH3 is 1. The molecule has 1 aromatic carbocycles. The smallest absolute Gasteiger partial charge is 0.235 e. The maximum atomic E-state index is 12.9. The number of hydrogen-bond donors (Lipinski definition) is 1. The predicted molar refractivity (Wildman–Crippen MR) is 88.6 cm³/mol. The molecule has 1 atom stereocenters. The fraction of sp³-hybridized carbons (Fsp3) is 0.500. The Balaban J connectivity index is 1.76. The van der Waals surface area contributed by atoms with Crippen molar-refractivity contribution in [2.45, 2.75) is 45.6 Å². The third kappa shape index (κ3) is 2.66. The minimum Gasteiger partial charge on any atom is -0.497 e. The van der Waals surface area contributed by atoms with E-state index in [0.29, 0.717) is 18.2 Å². The van der Waals surface area contributed by atoms with Crippen molar-refractivity contribution < 1.29 is 13.9 Å². The van der Waals surface area contributed by atoms with Crippen LogP contribution >= 0.6 is 0 Å². The van der Waals surface area contributed by atoms with Gasteiger partial charge in [-0.3, -0.25) is 4.79 Å². The van der Waals surface area contributed by atoms with E-state index in [1.165, 1.54) is 0 Å². The molecular weight excluding hydrogens is 306 g/mol. The molecule has 0 bridgehead atoms. The summed E-state index contributed by atoms with van der Waals surface area (Å²) < 4.78 is 10.7. The summed E-state index contributed by atoms with van der Waals surface area (Å²) in [7, 11) is 1.63. The predicted octanol–water partition coefficient (Wildman–Crippen LogP) is 2.62. The van der Waals surface area contributed by atoms with E-state index in [1.54, 1.807) is 7.11 Å². The van der Waals surface area contributed by atoms with Gasteiger partial charge in [0, 0.05) is 6.42 Å². The first-order valence-corrected chi connectivity index (χ1v) is 8.17. The number of hydrogen-bond acceptors (Lipinski definition) is 5. The highest BCUT2D eigenvalue weighted by atomic mass is 16.5. The zero-order valence-corrected chi connectivity index (χ0v) is 14.5. The van der Waals surface area contributed by atoms with Crippen LogP contribution in [0, 0.1) is 5.41 Å². The van der Waals surface area contributed by atoms with E-state index in [0.717, 1.165) is 17.7 Å². The lowest BCUT2D eigenvalue weighted by Gasteiger charge is -2.20. The molecule has 1 amide bonds. The summed E-state index contributed by atoms with van der Waals surface area (Å²) in [4.78, 5) is 12.9. The molecule has 6 heteroatoms. The summed E-state index contributed by atoms with van der Waals surface area (Å²) in [6, 6.07) is 7.72. The molecule has 2 aromatic rings. The third-order valence-corrected chi connectivity index (χ3v) is 4.92. The first-order chi connectivity index (χ1) is 11.4. The molecule has 0 aliphatic heterocycles. The van der Waals surface area contributed by atoms with Crippen molar-refractivity contribution in [1.29, 1.82) is 0 Å². The maximum Gasteiger partial charge on any atom is 0.235 e. The number of rotatable bonds is 6. The molecule has 1 N–H and O–H groups in total. The maximum absolute atomic E-state index is 12.9. The quantitative estimate of drug-likeness (QED) is 0.881. The van der Waals surface area contributed by atoms with Crippen molar-refractivity contribution in [3.05, 3.63) is 41.6 Å². The highest BCUT2D eigenvalue weighted by molar-refractivity contribution is 5.93. The highest BCUT2D eigenvalue weighted by Crippen LogP contribution is 2.64. The summed E-state index contributed by atoms with van der Waals surface area (Å²) in [6.45, 7) is 6.42. The van der Waals surface area contributed by atoms with Gasteiger partial charge in [-0.15, -0.1) is 10.2 Å². The van der Waals surface area contributed by atoms with Crippen molar-refractivity contribution in [3.8, 4) is 5.75 Å². The number of benzene rings is 1. The normalized spacial score (nSPS) is 21.3. The van der Waals surface area contributed by atoms with Gasteiger partial charge < -0.3 is 14.5 Å². The Kier molecular flexibility index (Phi) is 4.07. The first kappa shape index (κ1) is 16.5. The van der Waals surface area contributed by atoms with E-state index in [4.69, 9.17) is 9.15 Å². The van der Waals surface area contributed by atoms with E-state index in [9.17, 15) is 4.79 Å². The summed E-state index contributed by atoms with van der Waals surface area (Å²) in [6.07, 6.45) is 1.49. The van der Waals surface area contributed by atoms with Gasteiger partial charge in [-0.25, -0.2) is 0 Å². The summed E-state index contributed by atoms with van der Waals surface area (Å²) >= 11 is 0. The molecular formula is C18H23N3O3. The van der Waals surface area contributed by atoms with Gasteiger partial charge in [-0.2, -0.15) is 0 Å². The minimum absolute atomic E-state index is 0.00563. The van der Waals surface area contributed by atoms with E-state index in [-0.39, 0.29) is 17.9 Å². The number of amides is 1. The molecule has 0 saturated heterocycles. The Bertz CT molecular complexity index is 736. The van der Waals surface area contributed by atoms with Crippen LogP contribution in [0.25, 0.3) is 0 Å². The molecule has 1 heterocycles. The standard InChI is InChI=1S/C18H23N3O3/c1-5-14-20-21-15(24-14)10-19-16(22)18(11-17(18,2)3)12-6-8-13(23-4)9-7-12/h6-9H,5,10-11H2,1-4H3,(H,19,22)/t18-/m1/s1. The second-order valence-electron chi connectivity index (χ2n) is 6.82. The molecule has 1 saturated carbocycles. The Morgan fingerprint density at radius 1 is 1.25 bits per heavy atom. The molecule has 24 heavy (non-hydrogen) atoms. The van der Waals surface area contributed by atoms with Crippen molar-refractivity contribution in [2.75, 3.05) is 7.11 Å². The second kappa shape index (κ2) is 5.92. The summed E-state index contributed by atoms with van der Waals surface area (Å²) in [5.41, 5.74) is 0.396. The molecule has 6 nitrogen and oxygen atoms in total. The zero-order chi connectivity index (χ0) is 17.4. The Morgan fingerprint density at radius 3 is 2.38 bits per heavy atom. The van der Waals surface area contributed by atoms with Crippen LogP contribution in [-0.2, 0) is 23.2 Å². The Morgan fingerprint density at radius 2 is 1.88 bits per heavy atom. The lowest BCUT2D eigenvalue weighted by molar-refractivity contribution is -0.124. The Labute approximate surface area is 141 Å². The van der Waals surface area contributed by atoms with E-state index < -0.39 is 5.41 Å². The van der Waals surface area contributed by atoms with Gasteiger partial charge in [0.1, 0.15) is 5.75 Å². The fourth-order valence-electron chi connectivity index (χ4n) is 3.32. The van der Waals surface area contributed by atoms with Gasteiger partial charge in [0.25, 0.3) is 0 Å². The number of nitrogens with one attached hydrogen (secondary N) is 1. The van der Waals surface area contributed by atoms with Crippen LogP contribution in [0.15, 0.2) is 28.7 Å². The molecule has 3 rings (SSSR count). The monoisotopic (exact) mass is 329 g/mol. The van der Waals surface area contributed by atoms with E-state index in [2.05, 4.69) is 29.4 Å². The fourth-order valence-corrected chi connectivity index (χ4v) is 3.32. The summed E-state index contributed by atoms with van der Waals surface area (Å²) in [5, 5.41) is 10.8. The number of carbonyl (C=O) groups is 1. The molecule has 128 valence electrons. The Hall–Kier alpha value is -2.37. The first-order valence-electron chi connectivity index (χ1n) is 8.17. The number of nitrogens with zero attached hydrogens (tertiary/aromatic N) is 2. The molecule has 1 aliphatic carbocycles. The average Bonchev–Trinajstić information content (AvgIpc) is 2.96. The van der Waals surface area contributed by atoms with Crippen LogP contribution in [0.3, 0.4) is 0 Å². The molecule has 1 fully saturated rings. The van der Waals surface area contributed by atoms with Crippen LogP contribution in [0.2, 0.25) is 0 Å². The van der Waals surface area contributed by atoms with Gasteiger partial charge in [0.05, 0.1) is 19.1 Å². The van der Waals surface area contributed by atoms with Crippen molar-refractivity contribution >= 4 is 5.91 Å². The van der Waals surface area contributed by atoms with Crippen LogP contribution < -0.4 is 10.1 Å². The lowest BCUT2D eigenvalue weighted by Crippen LogP contribution is -2.37. The second-order valence-corrected chi connectivity index (χ2v) is 6.82. The number of aromatic nitrogens is 2. The molecule has 0 spiro atoms. The topological polar surface area (TPSA) is 77.2 Å². The lowest BCUT2D eigenvalue weighted by atomic mass is 9.87. The SMILES string of the molecule is CCc1nnc(CNC(=O)[C@]2(c3ccc(OC)cc3)CC2(C)C)o1. The van der Waals surface area contributed by atoms with E-state index in [1.807, 2.05) is 31.2 Å². The van der Waals surface area contributed by atoms with Crippen LogP contribution in [0.4, 0.5) is 0 Å². The zero-order valence-electron chi connectivity index (χ0n) is 14.5. The summed E-state index contributed by atoms with van der Waals surface area (Å²) in [5.74, 6) is 1.79. The van der Waals surface area contributed by atoms with Crippen LogP contribution in [0.5, 0.6) is 5.75 Å². The van der Waals surface area contributed by atoms with Crippen molar-refractivity contribution in [3.63, 3.8) is 0 Å². The largest absolute Gasteiger partial charge is 0.497 e. The van der Waals surface area contributed by atoms with Gasteiger partial charge >= 0.3 is 0 Å². The van der Waals surface area contributed by atoms with Gasteiger partial charge in [-0.05, 0) is 29.5 Å². The van der Waals surface area contributed by atoms with Crippen molar-refractivity contribution in [2.24, 2.45) is 5.41 Å². The average molecular weight is 329 g/mol. The molecule has 1 aliphatic rings. The van der Waals surface area contributed by atoms with Crippen molar-refractivity contribution in [1.82, 2.24) is 15.5 Å². The minimum atomic E-state index is -0.521. The molecule has 0 unspecified atom stereocenters. The number of aryl methyl sites for hydroxylation is 1. The van der Waals surface area contributed by atoms with Crippen LogP contribution in [-0.4, -0.2) is 23.2 Å². The molecule has 0 radical (unpaired) electrons. The highest BCUT2D eigenvalue weighted by Gasteiger charge is 2.67. The van der Waals surface area contributed by atoms with Gasteiger partial charge in [0.2, 0.25) is 17.7 Å². The number of ether oxygens (including phenoxy) is 1. The van der Waals surface area contributed by atoms with Gasteiger partial charge in [-0.1, -0.05) is 32.9 Å². The molecule has 1 aromatic heterocycles. The van der Waals surface area contributed by atoms with Gasteiger partial charge in [0.15, 0.2) is 0 Å². The third-order valence-electron chi connectivity index (χ3n) is 4.92. The van der Waals surface area contributed by atoms with E-state index >= 15 is 0 Å².